The van der Waals surface area contributed by atoms with Crippen LogP contribution >= 0.6 is 11.3 Å². The van der Waals surface area contributed by atoms with E-state index in [9.17, 15) is 4.39 Å². The summed E-state index contributed by atoms with van der Waals surface area (Å²) in [5, 5.41) is 12.0. The molecule has 110 valence electrons. The fourth-order valence-corrected chi connectivity index (χ4v) is 2.78. The summed E-state index contributed by atoms with van der Waals surface area (Å²) in [6.07, 6.45) is -0.0328. The fraction of sp³-hybridized carbons (Fsp3) is 0.333. The van der Waals surface area contributed by atoms with E-state index in [2.05, 4.69) is 4.98 Å². The molecule has 2 aromatic rings. The molecular formula is C15H16FN3OS. The van der Waals surface area contributed by atoms with Gasteiger partial charge >= 0.3 is 0 Å². The lowest BCUT2D eigenvalue weighted by atomic mass is 10.1. The van der Waals surface area contributed by atoms with Gasteiger partial charge in [-0.2, -0.15) is 5.26 Å². The van der Waals surface area contributed by atoms with Crippen LogP contribution in [0.5, 0.6) is 0 Å². The molecule has 1 unspecified atom stereocenters. The first-order valence-electron chi connectivity index (χ1n) is 6.43. The largest absolute Gasteiger partial charge is 0.375 e. The lowest BCUT2D eigenvalue weighted by molar-refractivity contribution is 0.119. The van der Waals surface area contributed by atoms with E-state index in [4.69, 9.17) is 10.00 Å². The van der Waals surface area contributed by atoms with Crippen molar-refractivity contribution in [3.05, 3.63) is 45.7 Å². The van der Waals surface area contributed by atoms with Crippen LogP contribution in [-0.2, 0) is 11.3 Å². The number of methoxy groups -OCH3 is 1. The quantitative estimate of drug-likeness (QED) is 0.848. The minimum absolute atomic E-state index is 0.0328. The maximum atomic E-state index is 13.2. The number of thiazole rings is 1. The van der Waals surface area contributed by atoms with Crippen molar-refractivity contribution in [2.75, 3.05) is 19.1 Å². The van der Waals surface area contributed by atoms with Crippen molar-refractivity contribution in [3.63, 3.8) is 0 Å². The fourth-order valence-electron chi connectivity index (χ4n) is 1.94. The van der Waals surface area contributed by atoms with Gasteiger partial charge in [0.05, 0.1) is 23.5 Å². The van der Waals surface area contributed by atoms with E-state index < -0.39 is 5.82 Å². The molecule has 0 bridgehead atoms. The zero-order valence-electron chi connectivity index (χ0n) is 12.1. The SMILES string of the molecule is COC(C)c1nc(CN(C)c2ccc(F)cc2C#N)cs1. The van der Waals surface area contributed by atoms with Crippen molar-refractivity contribution in [2.45, 2.75) is 19.6 Å². The topological polar surface area (TPSA) is 49.1 Å². The first-order valence-corrected chi connectivity index (χ1v) is 7.31. The van der Waals surface area contributed by atoms with Gasteiger partial charge in [-0.3, -0.25) is 0 Å². The number of nitriles is 1. The molecule has 4 nitrogen and oxygen atoms in total. The average molecular weight is 305 g/mol. The van der Waals surface area contributed by atoms with Gasteiger partial charge in [0, 0.05) is 19.5 Å². The second-order valence-electron chi connectivity index (χ2n) is 4.68. The van der Waals surface area contributed by atoms with Crippen LogP contribution in [-0.4, -0.2) is 19.1 Å². The van der Waals surface area contributed by atoms with Crippen LogP contribution in [0.1, 0.15) is 29.3 Å². The van der Waals surface area contributed by atoms with E-state index in [1.165, 1.54) is 12.1 Å². The summed E-state index contributed by atoms with van der Waals surface area (Å²) >= 11 is 1.54. The number of anilines is 1. The second kappa shape index (κ2) is 6.66. The van der Waals surface area contributed by atoms with Crippen LogP contribution < -0.4 is 4.90 Å². The summed E-state index contributed by atoms with van der Waals surface area (Å²) in [6.45, 7) is 2.49. The lowest BCUT2D eigenvalue weighted by Gasteiger charge is -2.19. The van der Waals surface area contributed by atoms with Crippen molar-refractivity contribution in [1.82, 2.24) is 4.98 Å². The van der Waals surface area contributed by atoms with Crippen molar-refractivity contribution >= 4 is 17.0 Å². The smallest absolute Gasteiger partial charge is 0.124 e. The molecule has 2 rings (SSSR count). The Morgan fingerprint density at radius 3 is 2.95 bits per heavy atom. The van der Waals surface area contributed by atoms with Gasteiger partial charge in [-0.05, 0) is 25.1 Å². The third-order valence-corrected chi connectivity index (χ3v) is 4.21. The molecule has 0 saturated carbocycles. The molecule has 0 aliphatic heterocycles. The maximum Gasteiger partial charge on any atom is 0.124 e. The van der Waals surface area contributed by atoms with E-state index in [0.29, 0.717) is 17.8 Å². The highest BCUT2D eigenvalue weighted by Gasteiger charge is 2.13. The van der Waals surface area contributed by atoms with Crippen LogP contribution in [0.15, 0.2) is 23.6 Å². The van der Waals surface area contributed by atoms with Crippen molar-refractivity contribution in [2.24, 2.45) is 0 Å². The first-order chi connectivity index (χ1) is 10.0. The van der Waals surface area contributed by atoms with Gasteiger partial charge in [0.25, 0.3) is 0 Å². The summed E-state index contributed by atoms with van der Waals surface area (Å²) in [5.41, 5.74) is 1.90. The van der Waals surface area contributed by atoms with Crippen LogP contribution in [0, 0.1) is 17.1 Å². The molecule has 0 aliphatic carbocycles. The van der Waals surface area contributed by atoms with Gasteiger partial charge in [0.15, 0.2) is 0 Å². The van der Waals surface area contributed by atoms with Crippen LogP contribution in [0.3, 0.4) is 0 Å². The molecule has 0 fully saturated rings. The molecular weight excluding hydrogens is 289 g/mol. The standard InChI is InChI=1S/C15H16FN3OS/c1-10(20-3)15-18-13(9-21-15)8-19(2)14-5-4-12(16)6-11(14)7-17/h4-6,9-10H,8H2,1-3H3. The number of aromatic nitrogens is 1. The highest BCUT2D eigenvalue weighted by molar-refractivity contribution is 7.09. The maximum absolute atomic E-state index is 13.2. The van der Waals surface area contributed by atoms with Gasteiger partial charge < -0.3 is 9.64 Å². The predicted molar refractivity (Wildman–Crippen MR) is 80.8 cm³/mol. The number of rotatable bonds is 5. The Balaban J connectivity index is 2.17. The van der Waals surface area contributed by atoms with Crippen molar-refractivity contribution in [3.8, 4) is 6.07 Å². The van der Waals surface area contributed by atoms with E-state index >= 15 is 0 Å². The Bertz CT molecular complexity index is 665. The molecule has 0 saturated heterocycles. The zero-order valence-corrected chi connectivity index (χ0v) is 12.9. The number of halogens is 1. The molecule has 6 heteroatoms. The first kappa shape index (κ1) is 15.4. The Hall–Kier alpha value is -1.97. The second-order valence-corrected chi connectivity index (χ2v) is 5.57. The Morgan fingerprint density at radius 1 is 1.52 bits per heavy atom. The predicted octanol–water partition coefficient (Wildman–Crippen LogP) is 3.50. The summed E-state index contributed by atoms with van der Waals surface area (Å²) in [5.74, 6) is -0.409. The third kappa shape index (κ3) is 3.57. The molecule has 1 aromatic heterocycles. The van der Waals surface area contributed by atoms with Crippen LogP contribution in [0.4, 0.5) is 10.1 Å². The number of nitrogens with zero attached hydrogens (tertiary/aromatic N) is 3. The number of ether oxygens (including phenoxy) is 1. The number of hydrogen-bond acceptors (Lipinski definition) is 5. The van der Waals surface area contributed by atoms with Crippen LogP contribution in [0.2, 0.25) is 0 Å². The van der Waals surface area contributed by atoms with Gasteiger partial charge in [0.2, 0.25) is 0 Å². The molecule has 0 N–H and O–H groups in total. The minimum Gasteiger partial charge on any atom is -0.375 e. The Morgan fingerprint density at radius 2 is 2.29 bits per heavy atom. The molecule has 0 amide bonds. The third-order valence-electron chi connectivity index (χ3n) is 3.16. The summed E-state index contributed by atoms with van der Waals surface area (Å²) in [4.78, 5) is 6.40. The van der Waals surface area contributed by atoms with E-state index in [-0.39, 0.29) is 6.10 Å². The molecule has 0 radical (unpaired) electrons. The molecule has 1 heterocycles. The van der Waals surface area contributed by atoms with Crippen molar-refractivity contribution in [1.29, 1.82) is 5.26 Å². The monoisotopic (exact) mass is 305 g/mol. The highest BCUT2D eigenvalue weighted by Crippen LogP contribution is 2.24. The summed E-state index contributed by atoms with van der Waals surface area (Å²) in [6, 6.07) is 6.22. The van der Waals surface area contributed by atoms with E-state index in [1.807, 2.05) is 30.3 Å². The van der Waals surface area contributed by atoms with E-state index in [1.54, 1.807) is 24.5 Å². The Kier molecular flexibility index (Phi) is 4.89. The van der Waals surface area contributed by atoms with Gasteiger partial charge in [-0.1, -0.05) is 0 Å². The molecule has 0 aliphatic rings. The highest BCUT2D eigenvalue weighted by atomic mass is 32.1. The molecule has 1 atom stereocenters. The van der Waals surface area contributed by atoms with Gasteiger partial charge in [0.1, 0.15) is 23.0 Å². The summed E-state index contributed by atoms with van der Waals surface area (Å²) < 4.78 is 18.4. The van der Waals surface area contributed by atoms with Crippen LogP contribution in [0.25, 0.3) is 0 Å². The molecule has 1 aromatic carbocycles. The lowest BCUT2D eigenvalue weighted by Crippen LogP contribution is -2.18. The number of hydrogen-bond donors (Lipinski definition) is 0. The van der Waals surface area contributed by atoms with Crippen molar-refractivity contribution < 1.29 is 9.13 Å². The minimum atomic E-state index is -0.409. The summed E-state index contributed by atoms with van der Waals surface area (Å²) in [7, 11) is 3.50. The average Bonchev–Trinajstić information content (AvgIpc) is 2.94. The van der Waals surface area contributed by atoms with E-state index in [0.717, 1.165) is 10.7 Å². The number of benzene rings is 1. The van der Waals surface area contributed by atoms with Gasteiger partial charge in [-0.25, -0.2) is 9.37 Å². The Labute approximate surface area is 127 Å². The zero-order chi connectivity index (χ0) is 15.4. The molecule has 21 heavy (non-hydrogen) atoms. The normalized spacial score (nSPS) is 12.0. The van der Waals surface area contributed by atoms with Gasteiger partial charge in [-0.15, -0.1) is 11.3 Å². The molecule has 0 spiro atoms.